The predicted octanol–water partition coefficient (Wildman–Crippen LogP) is 10.7. The Morgan fingerprint density at radius 1 is 0.488 bits per heavy atom. The number of fused-ring (bicyclic) bond motifs is 3. The first-order chi connectivity index (χ1) is 20.3. The lowest BCUT2D eigenvalue weighted by Crippen LogP contribution is -2.30. The third-order valence-corrected chi connectivity index (χ3v) is 10.4. The molecular formula is C40H26S. The molecule has 0 N–H and O–H groups in total. The average Bonchev–Trinajstić information content (AvgIpc) is 3.43. The maximum Gasteiger partial charge on any atom is 0.0433 e. The summed E-state index contributed by atoms with van der Waals surface area (Å²) in [6.45, 7) is 0. The van der Waals surface area contributed by atoms with Gasteiger partial charge in [0.25, 0.3) is 0 Å². The Kier molecular flexibility index (Phi) is 5.00. The van der Waals surface area contributed by atoms with Crippen LogP contribution in [0.5, 0.6) is 0 Å². The highest BCUT2D eigenvalue weighted by Crippen LogP contribution is 2.54. The van der Waals surface area contributed by atoms with Crippen molar-refractivity contribution in [2.75, 3.05) is 0 Å². The van der Waals surface area contributed by atoms with E-state index in [1.54, 1.807) is 0 Å². The van der Waals surface area contributed by atoms with E-state index in [0.29, 0.717) is 11.8 Å². The molecule has 0 amide bonds. The van der Waals surface area contributed by atoms with Crippen molar-refractivity contribution in [3.63, 3.8) is 0 Å². The van der Waals surface area contributed by atoms with Gasteiger partial charge >= 0.3 is 0 Å². The maximum atomic E-state index is 2.39. The minimum absolute atomic E-state index is 0.336. The van der Waals surface area contributed by atoms with Crippen LogP contribution in [-0.4, -0.2) is 0 Å². The molecule has 4 aliphatic carbocycles. The molecular weight excluding hydrogens is 513 g/mol. The molecule has 1 heteroatoms. The average molecular weight is 539 g/mol. The van der Waals surface area contributed by atoms with Crippen LogP contribution < -0.4 is 0 Å². The standard InChI is InChI=1S/C40H26S/c1-2-7-25(8-3-1)26-13-15-27(16-14-26)30-21-17-28-20-24-34-31(22-18-29-19-23-33(30)38(28)39(29)34)35-10-6-11-36-32-9-4-5-12-37(32)41-40(35)36/h1-24,38-39H. The summed E-state index contributed by atoms with van der Waals surface area (Å²) >= 11 is 1.92. The Labute approximate surface area is 244 Å². The van der Waals surface area contributed by atoms with Gasteiger partial charge in [0.05, 0.1) is 0 Å². The van der Waals surface area contributed by atoms with Gasteiger partial charge in [0.2, 0.25) is 0 Å². The lowest BCUT2D eigenvalue weighted by atomic mass is 9.61. The van der Waals surface area contributed by atoms with Crippen molar-refractivity contribution in [3.8, 4) is 11.1 Å². The van der Waals surface area contributed by atoms with Crippen LogP contribution in [0.15, 0.2) is 168 Å². The van der Waals surface area contributed by atoms with Crippen molar-refractivity contribution >= 4 is 42.7 Å². The monoisotopic (exact) mass is 538 g/mol. The van der Waals surface area contributed by atoms with Gasteiger partial charge in [-0.2, -0.15) is 0 Å². The first kappa shape index (κ1) is 23.0. The van der Waals surface area contributed by atoms with Gasteiger partial charge in [-0.05, 0) is 61.8 Å². The highest BCUT2D eigenvalue weighted by molar-refractivity contribution is 7.26. The lowest BCUT2D eigenvalue weighted by molar-refractivity contribution is 0.569. The molecule has 9 rings (SSSR count). The SMILES string of the molecule is C1=CC2=C(c3ccc(-c4ccccc4)cc3)C=CC3=CC=C4C(c5cccc6c5sc5ccccc56)=CC=C1C4C32. The van der Waals surface area contributed by atoms with Gasteiger partial charge < -0.3 is 0 Å². The van der Waals surface area contributed by atoms with Crippen molar-refractivity contribution < 1.29 is 0 Å². The fraction of sp³-hybridized carbons (Fsp3) is 0.0500. The van der Waals surface area contributed by atoms with Gasteiger partial charge in [-0.3, -0.25) is 0 Å². The Morgan fingerprint density at radius 2 is 1.20 bits per heavy atom. The third kappa shape index (κ3) is 3.46. The number of hydrogen-bond acceptors (Lipinski definition) is 1. The minimum atomic E-state index is 0.336. The maximum absolute atomic E-state index is 2.39. The van der Waals surface area contributed by atoms with Crippen molar-refractivity contribution in [2.45, 2.75) is 0 Å². The third-order valence-electron chi connectivity index (χ3n) is 9.14. The fourth-order valence-electron chi connectivity index (χ4n) is 7.21. The van der Waals surface area contributed by atoms with E-state index >= 15 is 0 Å². The molecule has 0 saturated heterocycles. The number of hydrogen-bond donors (Lipinski definition) is 0. The molecule has 0 fully saturated rings. The van der Waals surface area contributed by atoms with E-state index in [-0.39, 0.29) is 0 Å². The molecule has 0 spiro atoms. The molecule has 1 aromatic heterocycles. The van der Waals surface area contributed by atoms with Crippen molar-refractivity contribution in [3.05, 3.63) is 179 Å². The number of rotatable bonds is 3. The Balaban J connectivity index is 1.15. The van der Waals surface area contributed by atoms with Gasteiger partial charge in [-0.1, -0.05) is 140 Å². The normalized spacial score (nSPS) is 20.5. The van der Waals surface area contributed by atoms with Crippen LogP contribution in [0.3, 0.4) is 0 Å². The van der Waals surface area contributed by atoms with Crippen molar-refractivity contribution in [2.24, 2.45) is 11.8 Å². The topological polar surface area (TPSA) is 0 Å². The first-order valence-corrected chi connectivity index (χ1v) is 15.2. The lowest BCUT2D eigenvalue weighted by Gasteiger charge is -2.42. The summed E-state index contributed by atoms with van der Waals surface area (Å²) in [4.78, 5) is 0. The van der Waals surface area contributed by atoms with E-state index in [2.05, 4.69) is 146 Å². The van der Waals surface area contributed by atoms with E-state index in [1.807, 2.05) is 11.3 Å². The van der Waals surface area contributed by atoms with E-state index in [1.165, 1.54) is 75.9 Å². The molecule has 0 radical (unpaired) electrons. The molecule has 2 unspecified atom stereocenters. The second-order valence-corrected chi connectivity index (χ2v) is 12.3. The van der Waals surface area contributed by atoms with Crippen LogP contribution in [0.25, 0.3) is 42.4 Å². The summed E-state index contributed by atoms with van der Waals surface area (Å²) in [5.41, 5.74) is 13.5. The molecule has 5 aromatic rings. The van der Waals surface area contributed by atoms with Gasteiger partial charge in [-0.15, -0.1) is 11.3 Å². The highest BCUT2D eigenvalue weighted by Gasteiger charge is 2.40. The summed E-state index contributed by atoms with van der Waals surface area (Å²) in [5, 5.41) is 2.71. The number of thiophene rings is 1. The van der Waals surface area contributed by atoms with Gasteiger partial charge in [0.15, 0.2) is 0 Å². The molecule has 4 aromatic carbocycles. The van der Waals surface area contributed by atoms with E-state index in [4.69, 9.17) is 0 Å². The van der Waals surface area contributed by atoms with Crippen LogP contribution in [-0.2, 0) is 0 Å². The zero-order valence-corrected chi connectivity index (χ0v) is 23.2. The molecule has 0 saturated carbocycles. The summed E-state index contributed by atoms with van der Waals surface area (Å²) < 4.78 is 2.74. The second-order valence-electron chi connectivity index (χ2n) is 11.3. The second kappa shape index (κ2) is 8.89. The van der Waals surface area contributed by atoms with Gasteiger partial charge in [0.1, 0.15) is 0 Å². The quantitative estimate of drug-likeness (QED) is 0.214. The van der Waals surface area contributed by atoms with Crippen LogP contribution in [0.1, 0.15) is 11.1 Å². The van der Waals surface area contributed by atoms with Gasteiger partial charge in [0, 0.05) is 32.0 Å². The Bertz CT molecular complexity index is 2120. The molecule has 1 heterocycles. The van der Waals surface area contributed by atoms with Crippen LogP contribution in [0, 0.1) is 11.8 Å². The van der Waals surface area contributed by atoms with Crippen molar-refractivity contribution in [1.29, 1.82) is 0 Å². The molecule has 192 valence electrons. The van der Waals surface area contributed by atoms with Crippen molar-refractivity contribution in [1.82, 2.24) is 0 Å². The van der Waals surface area contributed by atoms with Gasteiger partial charge in [-0.25, -0.2) is 0 Å². The summed E-state index contributed by atoms with van der Waals surface area (Å²) in [5.74, 6) is 0.675. The van der Waals surface area contributed by atoms with Crippen LogP contribution in [0.2, 0.25) is 0 Å². The largest absolute Gasteiger partial charge is 0.135 e. The molecule has 4 aliphatic rings. The summed E-state index contributed by atoms with van der Waals surface area (Å²) in [7, 11) is 0. The molecule has 0 bridgehead atoms. The van der Waals surface area contributed by atoms with E-state index in [9.17, 15) is 0 Å². The number of benzene rings is 4. The smallest absolute Gasteiger partial charge is 0.0433 e. The first-order valence-electron chi connectivity index (χ1n) is 14.3. The Morgan fingerprint density at radius 3 is 2.10 bits per heavy atom. The zero-order chi connectivity index (χ0) is 26.9. The Hall–Kier alpha value is -4.72. The molecule has 41 heavy (non-hydrogen) atoms. The molecule has 2 atom stereocenters. The zero-order valence-electron chi connectivity index (χ0n) is 22.4. The van der Waals surface area contributed by atoms with Crippen LogP contribution >= 0.6 is 11.3 Å². The summed E-state index contributed by atoms with van der Waals surface area (Å²) in [6, 6.07) is 35.4. The van der Waals surface area contributed by atoms with Crippen LogP contribution in [0.4, 0.5) is 0 Å². The summed E-state index contributed by atoms with van der Waals surface area (Å²) in [6.07, 6.45) is 18.9. The van der Waals surface area contributed by atoms with E-state index in [0.717, 1.165) is 0 Å². The fourth-order valence-corrected chi connectivity index (χ4v) is 8.45. The molecule has 0 aliphatic heterocycles. The van der Waals surface area contributed by atoms with E-state index < -0.39 is 0 Å². The highest BCUT2D eigenvalue weighted by atomic mass is 32.1. The number of allylic oxidation sites excluding steroid dienone is 14. The molecule has 0 nitrogen and oxygen atoms in total. The minimum Gasteiger partial charge on any atom is -0.135 e. The predicted molar refractivity (Wildman–Crippen MR) is 176 cm³/mol.